The molecular formula is C18H17N5O2S. The SMILES string of the molecule is O=C(CSc1ncccc1-c1noc(C2CC2)n1)NCc1ccncc1. The summed E-state index contributed by atoms with van der Waals surface area (Å²) < 4.78 is 5.33. The Hall–Kier alpha value is -2.74. The summed E-state index contributed by atoms with van der Waals surface area (Å²) in [5, 5.41) is 7.67. The van der Waals surface area contributed by atoms with Crippen molar-refractivity contribution in [3.63, 3.8) is 0 Å². The third-order valence-corrected chi connectivity index (χ3v) is 4.96. The molecule has 1 N–H and O–H groups in total. The normalized spacial score (nSPS) is 13.5. The average Bonchev–Trinajstić information content (AvgIpc) is 3.43. The molecule has 0 aliphatic heterocycles. The van der Waals surface area contributed by atoms with Crippen molar-refractivity contribution in [1.29, 1.82) is 0 Å². The maximum atomic E-state index is 12.1. The Kier molecular flexibility index (Phi) is 4.92. The summed E-state index contributed by atoms with van der Waals surface area (Å²) in [6, 6.07) is 7.47. The fraction of sp³-hybridized carbons (Fsp3) is 0.278. The molecular weight excluding hydrogens is 350 g/mol. The number of hydrogen-bond acceptors (Lipinski definition) is 7. The molecule has 1 amide bonds. The minimum atomic E-state index is -0.0600. The predicted octanol–water partition coefficient (Wildman–Crippen LogP) is 2.81. The van der Waals surface area contributed by atoms with Gasteiger partial charge in [0.05, 0.1) is 11.3 Å². The number of amides is 1. The molecule has 26 heavy (non-hydrogen) atoms. The van der Waals surface area contributed by atoms with Crippen LogP contribution < -0.4 is 5.32 Å². The molecule has 1 fully saturated rings. The maximum absolute atomic E-state index is 12.1. The minimum absolute atomic E-state index is 0.0600. The molecule has 3 aromatic heterocycles. The van der Waals surface area contributed by atoms with Crippen LogP contribution in [0.3, 0.4) is 0 Å². The molecule has 0 bridgehead atoms. The van der Waals surface area contributed by atoms with E-state index in [-0.39, 0.29) is 11.7 Å². The highest BCUT2D eigenvalue weighted by atomic mass is 32.2. The summed E-state index contributed by atoms with van der Waals surface area (Å²) in [5.74, 6) is 1.83. The van der Waals surface area contributed by atoms with Crippen molar-refractivity contribution in [2.75, 3.05) is 5.75 Å². The average molecular weight is 367 g/mol. The lowest BCUT2D eigenvalue weighted by molar-refractivity contribution is -0.118. The number of nitrogens with one attached hydrogen (secondary N) is 1. The Morgan fingerprint density at radius 3 is 2.88 bits per heavy atom. The highest BCUT2D eigenvalue weighted by molar-refractivity contribution is 8.00. The summed E-state index contributed by atoms with van der Waals surface area (Å²) in [6.45, 7) is 0.479. The molecule has 1 saturated carbocycles. The lowest BCUT2D eigenvalue weighted by Gasteiger charge is -2.06. The number of rotatable bonds is 7. The first kappa shape index (κ1) is 16.7. The molecule has 0 aromatic carbocycles. The number of carbonyl (C=O) groups excluding carboxylic acids is 1. The van der Waals surface area contributed by atoms with Gasteiger partial charge in [-0.15, -0.1) is 0 Å². The van der Waals surface area contributed by atoms with Crippen molar-refractivity contribution in [2.24, 2.45) is 0 Å². The fourth-order valence-corrected chi connectivity index (χ4v) is 3.22. The molecule has 3 heterocycles. The van der Waals surface area contributed by atoms with Crippen LogP contribution in [0, 0.1) is 0 Å². The third kappa shape index (κ3) is 4.08. The van der Waals surface area contributed by atoms with Crippen LogP contribution in [0.5, 0.6) is 0 Å². The zero-order valence-electron chi connectivity index (χ0n) is 14.0. The van der Waals surface area contributed by atoms with Crippen LogP contribution in [0.15, 0.2) is 52.4 Å². The lowest BCUT2D eigenvalue weighted by atomic mass is 10.3. The highest BCUT2D eigenvalue weighted by Gasteiger charge is 2.30. The number of thioether (sulfide) groups is 1. The number of hydrogen-bond donors (Lipinski definition) is 1. The summed E-state index contributed by atoms with van der Waals surface area (Å²) in [5.41, 5.74) is 1.80. The van der Waals surface area contributed by atoms with Crippen LogP contribution in [-0.2, 0) is 11.3 Å². The van der Waals surface area contributed by atoms with Crippen molar-refractivity contribution in [2.45, 2.75) is 30.3 Å². The second-order valence-corrected chi connectivity index (χ2v) is 6.97. The van der Waals surface area contributed by atoms with E-state index in [1.165, 1.54) is 11.8 Å². The molecule has 132 valence electrons. The summed E-state index contributed by atoms with van der Waals surface area (Å²) in [4.78, 5) is 24.9. The van der Waals surface area contributed by atoms with Crippen molar-refractivity contribution >= 4 is 17.7 Å². The van der Waals surface area contributed by atoms with Gasteiger partial charge < -0.3 is 9.84 Å². The Morgan fingerprint density at radius 1 is 1.23 bits per heavy atom. The standard InChI is InChI=1S/C18H17N5O2S/c24-15(21-10-12-5-8-19-9-6-12)11-26-18-14(2-1-7-20-18)16-22-17(25-23-16)13-3-4-13/h1-2,5-9,13H,3-4,10-11H2,(H,21,24). The van der Waals surface area contributed by atoms with Gasteiger partial charge >= 0.3 is 0 Å². The van der Waals surface area contributed by atoms with Gasteiger partial charge in [-0.05, 0) is 42.7 Å². The van der Waals surface area contributed by atoms with Gasteiger partial charge in [0.1, 0.15) is 5.03 Å². The van der Waals surface area contributed by atoms with Crippen LogP contribution >= 0.6 is 11.8 Å². The van der Waals surface area contributed by atoms with Crippen LogP contribution in [0.1, 0.15) is 30.2 Å². The minimum Gasteiger partial charge on any atom is -0.351 e. The molecule has 0 atom stereocenters. The Balaban J connectivity index is 1.37. The molecule has 7 nitrogen and oxygen atoms in total. The van der Waals surface area contributed by atoms with Crippen molar-refractivity contribution < 1.29 is 9.32 Å². The van der Waals surface area contributed by atoms with Gasteiger partial charge in [-0.2, -0.15) is 4.98 Å². The fourth-order valence-electron chi connectivity index (χ4n) is 2.40. The number of nitrogens with zero attached hydrogens (tertiary/aromatic N) is 4. The molecule has 3 aromatic rings. The molecule has 0 radical (unpaired) electrons. The van der Waals surface area contributed by atoms with Gasteiger partial charge in [0.15, 0.2) is 0 Å². The quantitative estimate of drug-likeness (QED) is 0.642. The first-order chi connectivity index (χ1) is 12.8. The van der Waals surface area contributed by atoms with E-state index in [4.69, 9.17) is 4.52 Å². The van der Waals surface area contributed by atoms with Crippen LogP contribution in [-0.4, -0.2) is 31.8 Å². The zero-order valence-corrected chi connectivity index (χ0v) is 14.8. The van der Waals surface area contributed by atoms with Gasteiger partial charge in [0.2, 0.25) is 17.6 Å². The first-order valence-electron chi connectivity index (χ1n) is 8.37. The Labute approximate surface area is 154 Å². The topological polar surface area (TPSA) is 93.8 Å². The van der Waals surface area contributed by atoms with Crippen LogP contribution in [0.25, 0.3) is 11.4 Å². The molecule has 8 heteroatoms. The number of pyridine rings is 2. The smallest absolute Gasteiger partial charge is 0.230 e. The molecule has 0 unspecified atom stereocenters. The van der Waals surface area contributed by atoms with Crippen molar-refractivity contribution in [1.82, 2.24) is 25.4 Å². The van der Waals surface area contributed by atoms with E-state index in [2.05, 4.69) is 25.4 Å². The summed E-state index contributed by atoms with van der Waals surface area (Å²) >= 11 is 1.36. The van der Waals surface area contributed by atoms with Gasteiger partial charge in [0, 0.05) is 31.1 Å². The van der Waals surface area contributed by atoms with E-state index < -0.39 is 0 Å². The van der Waals surface area contributed by atoms with Crippen LogP contribution in [0.4, 0.5) is 0 Å². The molecule has 1 aliphatic rings. The largest absolute Gasteiger partial charge is 0.351 e. The van der Waals surface area contributed by atoms with Crippen molar-refractivity contribution in [3.05, 3.63) is 54.3 Å². The second-order valence-electron chi connectivity index (χ2n) is 6.01. The molecule has 1 aliphatic carbocycles. The van der Waals surface area contributed by atoms with Gasteiger partial charge in [0.25, 0.3) is 0 Å². The molecule has 4 rings (SSSR count). The van der Waals surface area contributed by atoms with Crippen LogP contribution in [0.2, 0.25) is 0 Å². The monoisotopic (exact) mass is 367 g/mol. The van der Waals surface area contributed by atoms with Gasteiger partial charge in [-0.25, -0.2) is 4.98 Å². The highest BCUT2D eigenvalue weighted by Crippen LogP contribution is 2.40. The maximum Gasteiger partial charge on any atom is 0.230 e. The van der Waals surface area contributed by atoms with E-state index in [0.29, 0.717) is 24.2 Å². The number of aromatic nitrogens is 4. The van der Waals surface area contributed by atoms with Gasteiger partial charge in [-0.3, -0.25) is 9.78 Å². The third-order valence-electron chi connectivity index (χ3n) is 3.96. The zero-order chi connectivity index (χ0) is 17.8. The second kappa shape index (κ2) is 7.65. The van der Waals surface area contributed by atoms with Crippen molar-refractivity contribution in [3.8, 4) is 11.4 Å². The van der Waals surface area contributed by atoms with E-state index in [1.807, 2.05) is 24.3 Å². The van der Waals surface area contributed by atoms with E-state index in [9.17, 15) is 4.79 Å². The Morgan fingerprint density at radius 2 is 2.08 bits per heavy atom. The van der Waals surface area contributed by atoms with Gasteiger partial charge in [-0.1, -0.05) is 16.9 Å². The molecule has 0 saturated heterocycles. The van der Waals surface area contributed by atoms with E-state index >= 15 is 0 Å². The van der Waals surface area contributed by atoms with E-state index in [1.54, 1.807) is 18.6 Å². The summed E-state index contributed by atoms with van der Waals surface area (Å²) in [7, 11) is 0. The van der Waals surface area contributed by atoms with E-state index in [0.717, 1.165) is 29.0 Å². The predicted molar refractivity (Wildman–Crippen MR) is 96.3 cm³/mol. The Bertz CT molecular complexity index is 895. The first-order valence-corrected chi connectivity index (χ1v) is 9.35. The lowest BCUT2D eigenvalue weighted by Crippen LogP contribution is -2.24. The summed E-state index contributed by atoms with van der Waals surface area (Å²) in [6.07, 6.45) is 7.32. The number of carbonyl (C=O) groups is 1. The molecule has 0 spiro atoms.